The first-order valence-corrected chi connectivity index (χ1v) is 10.8. The van der Waals surface area contributed by atoms with E-state index >= 15 is 0 Å². The molecule has 0 aliphatic carbocycles. The minimum absolute atomic E-state index is 0.128. The molecule has 0 spiro atoms. The van der Waals surface area contributed by atoms with Crippen molar-refractivity contribution in [2.75, 3.05) is 27.3 Å². The van der Waals surface area contributed by atoms with E-state index in [-0.39, 0.29) is 29.9 Å². The van der Waals surface area contributed by atoms with Gasteiger partial charge in [-0.05, 0) is 43.7 Å². The van der Waals surface area contributed by atoms with Crippen molar-refractivity contribution >= 4 is 15.9 Å². The lowest BCUT2D eigenvalue weighted by atomic mass is 10.1. The summed E-state index contributed by atoms with van der Waals surface area (Å²) in [4.78, 5) is 12.7. The average Bonchev–Trinajstić information content (AvgIpc) is 2.71. The maximum Gasteiger partial charge on any atom is 0.243 e. The third-order valence-electron chi connectivity index (χ3n) is 4.66. The van der Waals surface area contributed by atoms with E-state index in [4.69, 9.17) is 9.47 Å². The van der Waals surface area contributed by atoms with Gasteiger partial charge in [-0.3, -0.25) is 4.79 Å². The Kier molecular flexibility index (Phi) is 7.64. The highest BCUT2D eigenvalue weighted by atomic mass is 32.2. The molecule has 2 aromatic carbocycles. The van der Waals surface area contributed by atoms with Crippen LogP contribution in [0.3, 0.4) is 0 Å². The molecule has 1 N–H and O–H groups in total. The summed E-state index contributed by atoms with van der Waals surface area (Å²) in [7, 11) is -0.720. The number of methoxy groups -OCH3 is 2. The van der Waals surface area contributed by atoms with Gasteiger partial charge in [0.1, 0.15) is 11.5 Å². The molecule has 0 radical (unpaired) electrons. The SMILES string of the molecule is CCN(CC(=O)N[C@@H](C)c1ccccc1OC)S(=O)(=O)c1ccc(OC)c(C)c1. The zero-order valence-electron chi connectivity index (χ0n) is 17.4. The van der Waals surface area contributed by atoms with Crippen LogP contribution in [-0.2, 0) is 14.8 Å². The lowest BCUT2D eigenvalue weighted by Gasteiger charge is -2.22. The van der Waals surface area contributed by atoms with E-state index in [1.807, 2.05) is 31.2 Å². The van der Waals surface area contributed by atoms with E-state index in [1.54, 1.807) is 33.1 Å². The second kappa shape index (κ2) is 9.76. The Morgan fingerprint density at radius 1 is 1.10 bits per heavy atom. The lowest BCUT2D eigenvalue weighted by molar-refractivity contribution is -0.121. The van der Waals surface area contributed by atoms with Gasteiger partial charge in [0.2, 0.25) is 15.9 Å². The van der Waals surface area contributed by atoms with Gasteiger partial charge in [-0.25, -0.2) is 8.42 Å². The maximum absolute atomic E-state index is 13.0. The van der Waals surface area contributed by atoms with Crippen LogP contribution in [0, 0.1) is 6.92 Å². The van der Waals surface area contributed by atoms with Crippen molar-refractivity contribution in [2.45, 2.75) is 31.7 Å². The smallest absolute Gasteiger partial charge is 0.243 e. The molecule has 0 fully saturated rings. The summed E-state index contributed by atoms with van der Waals surface area (Å²) in [5, 5.41) is 2.84. The number of aryl methyl sites for hydroxylation is 1. The second-order valence-corrected chi connectivity index (χ2v) is 8.53. The summed E-state index contributed by atoms with van der Waals surface area (Å²) in [6, 6.07) is 11.7. The predicted molar refractivity (Wildman–Crippen MR) is 112 cm³/mol. The Morgan fingerprint density at radius 2 is 1.76 bits per heavy atom. The molecule has 0 aliphatic heterocycles. The van der Waals surface area contributed by atoms with E-state index in [9.17, 15) is 13.2 Å². The zero-order valence-corrected chi connectivity index (χ0v) is 18.2. The largest absolute Gasteiger partial charge is 0.496 e. The van der Waals surface area contributed by atoms with Crippen LogP contribution in [-0.4, -0.2) is 45.9 Å². The van der Waals surface area contributed by atoms with Gasteiger partial charge in [-0.2, -0.15) is 4.31 Å². The Balaban J connectivity index is 2.15. The van der Waals surface area contributed by atoms with Crippen LogP contribution < -0.4 is 14.8 Å². The van der Waals surface area contributed by atoms with Crippen molar-refractivity contribution in [3.8, 4) is 11.5 Å². The zero-order chi connectivity index (χ0) is 21.6. The number of nitrogens with one attached hydrogen (secondary N) is 1. The molecule has 0 saturated carbocycles. The van der Waals surface area contributed by atoms with Crippen LogP contribution in [0.1, 0.15) is 31.0 Å². The van der Waals surface area contributed by atoms with Gasteiger partial charge in [-0.1, -0.05) is 25.1 Å². The predicted octanol–water partition coefficient (Wildman–Crippen LogP) is 2.90. The molecule has 2 aromatic rings. The van der Waals surface area contributed by atoms with Crippen LogP contribution in [0.15, 0.2) is 47.4 Å². The second-order valence-electron chi connectivity index (χ2n) is 6.59. The summed E-state index contributed by atoms with van der Waals surface area (Å²) in [6.07, 6.45) is 0. The molecule has 158 valence electrons. The first-order valence-electron chi connectivity index (χ1n) is 9.31. The molecule has 0 bridgehead atoms. The number of rotatable bonds is 9. The molecular weight excluding hydrogens is 392 g/mol. The maximum atomic E-state index is 13.0. The number of carbonyl (C=O) groups is 1. The van der Waals surface area contributed by atoms with Crippen LogP contribution in [0.2, 0.25) is 0 Å². The number of hydrogen-bond donors (Lipinski definition) is 1. The van der Waals surface area contributed by atoms with Crippen molar-refractivity contribution in [1.82, 2.24) is 9.62 Å². The van der Waals surface area contributed by atoms with Crippen molar-refractivity contribution in [2.24, 2.45) is 0 Å². The number of likely N-dealkylation sites (N-methyl/N-ethyl adjacent to an activating group) is 1. The van der Waals surface area contributed by atoms with Gasteiger partial charge in [0, 0.05) is 12.1 Å². The van der Waals surface area contributed by atoms with E-state index in [2.05, 4.69) is 5.32 Å². The highest BCUT2D eigenvalue weighted by Crippen LogP contribution is 2.25. The van der Waals surface area contributed by atoms with Gasteiger partial charge < -0.3 is 14.8 Å². The summed E-state index contributed by atoms with van der Waals surface area (Å²) in [6.45, 7) is 5.20. The highest BCUT2D eigenvalue weighted by Gasteiger charge is 2.26. The standard InChI is InChI=1S/C21H28N2O5S/c1-6-23(29(25,26)17-11-12-19(27-4)15(2)13-17)14-21(24)22-16(3)18-9-7-8-10-20(18)28-5/h7-13,16H,6,14H2,1-5H3,(H,22,24)/t16-/m0/s1. The summed E-state index contributed by atoms with van der Waals surface area (Å²) in [5.41, 5.74) is 1.53. The summed E-state index contributed by atoms with van der Waals surface area (Å²) in [5.74, 6) is 0.878. The van der Waals surface area contributed by atoms with Crippen molar-refractivity contribution in [1.29, 1.82) is 0 Å². The van der Waals surface area contributed by atoms with E-state index in [0.717, 1.165) is 9.87 Å². The average molecular weight is 421 g/mol. The minimum atomic E-state index is -3.81. The van der Waals surface area contributed by atoms with E-state index < -0.39 is 10.0 Å². The number of para-hydroxylation sites is 1. The molecule has 0 aliphatic rings. The molecule has 8 heteroatoms. The first kappa shape index (κ1) is 22.7. The van der Waals surface area contributed by atoms with Gasteiger partial charge in [-0.15, -0.1) is 0 Å². The Labute approximate surface area is 172 Å². The van der Waals surface area contributed by atoms with Crippen molar-refractivity contribution < 1.29 is 22.7 Å². The van der Waals surface area contributed by atoms with Crippen LogP contribution in [0.4, 0.5) is 0 Å². The number of carbonyl (C=O) groups excluding carboxylic acids is 1. The molecular formula is C21H28N2O5S. The van der Waals surface area contributed by atoms with Gasteiger partial charge in [0.15, 0.2) is 0 Å². The van der Waals surface area contributed by atoms with Gasteiger partial charge in [0.05, 0.1) is 31.7 Å². The van der Waals surface area contributed by atoms with E-state index in [0.29, 0.717) is 17.1 Å². The monoisotopic (exact) mass is 420 g/mol. The molecule has 1 amide bonds. The number of nitrogens with zero attached hydrogens (tertiary/aromatic N) is 1. The van der Waals surface area contributed by atoms with E-state index in [1.165, 1.54) is 13.2 Å². The fourth-order valence-corrected chi connectivity index (χ4v) is 4.57. The van der Waals surface area contributed by atoms with Crippen LogP contribution in [0.5, 0.6) is 11.5 Å². The van der Waals surface area contributed by atoms with Crippen molar-refractivity contribution in [3.05, 3.63) is 53.6 Å². The topological polar surface area (TPSA) is 84.9 Å². The Hall–Kier alpha value is -2.58. The third kappa shape index (κ3) is 5.27. The number of amides is 1. The normalized spacial score (nSPS) is 12.5. The fraction of sp³-hybridized carbons (Fsp3) is 0.381. The molecule has 1 atom stereocenters. The highest BCUT2D eigenvalue weighted by molar-refractivity contribution is 7.89. The third-order valence-corrected chi connectivity index (χ3v) is 6.58. The number of sulfonamides is 1. The molecule has 0 unspecified atom stereocenters. The first-order chi connectivity index (χ1) is 13.7. The Morgan fingerprint density at radius 3 is 2.34 bits per heavy atom. The molecule has 0 aromatic heterocycles. The minimum Gasteiger partial charge on any atom is -0.496 e. The quantitative estimate of drug-likeness (QED) is 0.674. The summed E-state index contributed by atoms with van der Waals surface area (Å²) < 4.78 is 37.6. The number of benzene rings is 2. The van der Waals surface area contributed by atoms with Crippen molar-refractivity contribution in [3.63, 3.8) is 0 Å². The van der Waals surface area contributed by atoms with Gasteiger partial charge >= 0.3 is 0 Å². The fourth-order valence-electron chi connectivity index (χ4n) is 3.08. The number of hydrogen-bond acceptors (Lipinski definition) is 5. The van der Waals surface area contributed by atoms with Gasteiger partial charge in [0.25, 0.3) is 0 Å². The number of ether oxygens (including phenoxy) is 2. The lowest BCUT2D eigenvalue weighted by Crippen LogP contribution is -2.41. The van der Waals surface area contributed by atoms with Crippen LogP contribution in [0.25, 0.3) is 0 Å². The Bertz CT molecular complexity index is 959. The molecule has 7 nitrogen and oxygen atoms in total. The molecule has 29 heavy (non-hydrogen) atoms. The molecule has 0 saturated heterocycles. The van der Waals surface area contributed by atoms with Crippen LogP contribution >= 0.6 is 0 Å². The molecule has 2 rings (SSSR count). The molecule has 0 heterocycles. The summed E-state index contributed by atoms with van der Waals surface area (Å²) >= 11 is 0.